The molecule has 0 saturated heterocycles. The highest BCUT2D eigenvalue weighted by Crippen LogP contribution is 2.43. The Morgan fingerprint density at radius 3 is 2.09 bits per heavy atom. The maximum atomic E-state index is 5.30. The molecule has 8 rings (SSSR count). The van der Waals surface area contributed by atoms with Crippen LogP contribution >= 0.6 is 11.3 Å². The number of aromatic nitrogens is 2. The molecule has 0 aliphatic rings. The van der Waals surface area contributed by atoms with Gasteiger partial charge in [-0.2, -0.15) is 0 Å². The second kappa shape index (κ2) is 9.79. The molecule has 2 nitrogen and oxygen atoms in total. The highest BCUT2D eigenvalue weighted by Gasteiger charge is 2.23. The van der Waals surface area contributed by atoms with Crippen LogP contribution in [0.4, 0.5) is 0 Å². The van der Waals surface area contributed by atoms with Gasteiger partial charge in [-0.15, -0.1) is 11.3 Å². The number of hydrogen-bond acceptors (Lipinski definition) is 2. The Kier molecular flexibility index (Phi) is 5.96. The highest BCUT2D eigenvalue weighted by molar-refractivity contribution is 7.26. The lowest BCUT2D eigenvalue weighted by molar-refractivity contribution is 0.808. The van der Waals surface area contributed by atoms with Crippen molar-refractivity contribution in [3.63, 3.8) is 0 Å². The van der Waals surface area contributed by atoms with Crippen LogP contribution in [-0.4, -0.2) is 9.55 Å². The number of aryl methyl sites for hydroxylation is 1. The van der Waals surface area contributed by atoms with Gasteiger partial charge in [-0.25, -0.2) is 4.98 Å². The number of nitrogens with zero attached hydrogens (tertiary/aromatic N) is 2. The molecule has 0 unspecified atom stereocenters. The Bertz CT molecular complexity index is 2340. The zero-order valence-corrected chi connectivity index (χ0v) is 26.1. The molecule has 0 radical (unpaired) electrons. The van der Waals surface area contributed by atoms with Gasteiger partial charge < -0.3 is 0 Å². The second-order valence-electron chi connectivity index (χ2n) is 12.5. The summed E-state index contributed by atoms with van der Waals surface area (Å²) < 4.78 is 5.10. The molecular weight excluding hydrogens is 541 g/mol. The Morgan fingerprint density at radius 2 is 1.30 bits per heavy atom. The number of thiophene rings is 1. The first-order valence-electron chi connectivity index (χ1n) is 15.3. The van der Waals surface area contributed by atoms with Gasteiger partial charge in [0, 0.05) is 31.1 Å². The van der Waals surface area contributed by atoms with Crippen molar-refractivity contribution in [1.82, 2.24) is 9.55 Å². The van der Waals surface area contributed by atoms with Gasteiger partial charge in [0.05, 0.1) is 16.7 Å². The number of fused-ring (bicyclic) bond motifs is 8. The van der Waals surface area contributed by atoms with Crippen LogP contribution in [0.15, 0.2) is 103 Å². The molecule has 0 aliphatic heterocycles. The molecule has 8 aromatic rings. The van der Waals surface area contributed by atoms with Crippen LogP contribution < -0.4 is 0 Å². The van der Waals surface area contributed by atoms with E-state index in [4.69, 9.17) is 4.98 Å². The van der Waals surface area contributed by atoms with Crippen LogP contribution in [0, 0.1) is 6.92 Å². The van der Waals surface area contributed by atoms with Crippen molar-refractivity contribution in [2.45, 2.75) is 46.5 Å². The van der Waals surface area contributed by atoms with Crippen LogP contribution in [-0.2, 0) is 0 Å². The Labute approximate surface area is 256 Å². The van der Waals surface area contributed by atoms with Crippen LogP contribution in [0.25, 0.3) is 69.8 Å². The van der Waals surface area contributed by atoms with Crippen LogP contribution in [0.2, 0.25) is 0 Å². The molecule has 0 saturated carbocycles. The number of para-hydroxylation sites is 2. The molecule has 0 amide bonds. The summed E-state index contributed by atoms with van der Waals surface area (Å²) in [6.45, 7) is 11.4. The first kappa shape index (κ1) is 26.2. The van der Waals surface area contributed by atoms with E-state index in [0.717, 1.165) is 22.4 Å². The Morgan fingerprint density at radius 1 is 0.628 bits per heavy atom. The van der Waals surface area contributed by atoms with E-state index in [9.17, 15) is 0 Å². The molecule has 6 aromatic carbocycles. The Hall–Kier alpha value is -4.47. The minimum absolute atomic E-state index is 0.383. The average molecular weight is 575 g/mol. The van der Waals surface area contributed by atoms with Gasteiger partial charge in [-0.1, -0.05) is 106 Å². The zero-order chi connectivity index (χ0) is 29.4. The molecule has 0 aliphatic carbocycles. The molecule has 0 atom stereocenters. The summed E-state index contributed by atoms with van der Waals surface area (Å²) in [5, 5.41) is 7.86. The fourth-order valence-electron chi connectivity index (χ4n) is 6.88. The van der Waals surface area contributed by atoms with Crippen molar-refractivity contribution in [2.24, 2.45) is 0 Å². The van der Waals surface area contributed by atoms with E-state index in [-0.39, 0.29) is 0 Å². The Balaban J connectivity index is 1.42. The van der Waals surface area contributed by atoms with Gasteiger partial charge in [0.25, 0.3) is 0 Å². The third-order valence-corrected chi connectivity index (χ3v) is 10.2. The molecule has 43 heavy (non-hydrogen) atoms. The van der Waals surface area contributed by atoms with Gasteiger partial charge in [0.2, 0.25) is 0 Å². The van der Waals surface area contributed by atoms with Gasteiger partial charge in [0.15, 0.2) is 0 Å². The highest BCUT2D eigenvalue weighted by atomic mass is 32.1. The van der Waals surface area contributed by atoms with Crippen LogP contribution in [0.5, 0.6) is 0 Å². The molecule has 0 spiro atoms. The third kappa shape index (κ3) is 4.02. The second-order valence-corrected chi connectivity index (χ2v) is 13.6. The van der Waals surface area contributed by atoms with Crippen molar-refractivity contribution >= 4 is 64.1 Å². The van der Waals surface area contributed by atoms with E-state index in [1.54, 1.807) is 0 Å². The predicted octanol–water partition coefficient (Wildman–Crippen LogP) is 11.9. The molecule has 2 heterocycles. The lowest BCUT2D eigenvalue weighted by atomic mass is 9.90. The summed E-state index contributed by atoms with van der Waals surface area (Å²) in [5.74, 6) is 1.77. The smallest absolute Gasteiger partial charge is 0.145 e. The minimum Gasteiger partial charge on any atom is -0.292 e. The number of hydrogen-bond donors (Lipinski definition) is 0. The van der Waals surface area contributed by atoms with Crippen molar-refractivity contribution in [2.75, 3.05) is 0 Å². The number of imidazole rings is 1. The quantitative estimate of drug-likeness (QED) is 0.191. The molecule has 0 fully saturated rings. The van der Waals surface area contributed by atoms with Gasteiger partial charge in [-0.3, -0.25) is 4.57 Å². The van der Waals surface area contributed by atoms with Crippen molar-refractivity contribution in [1.29, 1.82) is 0 Å². The van der Waals surface area contributed by atoms with Crippen LogP contribution in [0.1, 0.15) is 56.2 Å². The largest absolute Gasteiger partial charge is 0.292 e. The van der Waals surface area contributed by atoms with Crippen molar-refractivity contribution in [3.8, 4) is 17.1 Å². The molecule has 2 aromatic heterocycles. The summed E-state index contributed by atoms with van der Waals surface area (Å²) in [5.41, 5.74) is 8.66. The summed E-state index contributed by atoms with van der Waals surface area (Å²) in [6, 6.07) is 38.1. The monoisotopic (exact) mass is 574 g/mol. The molecular formula is C40H34N2S. The van der Waals surface area contributed by atoms with E-state index in [0.29, 0.717) is 11.8 Å². The lowest BCUT2D eigenvalue weighted by Crippen LogP contribution is -2.09. The molecule has 0 N–H and O–H groups in total. The summed E-state index contributed by atoms with van der Waals surface area (Å²) >= 11 is 1.90. The van der Waals surface area contributed by atoms with Gasteiger partial charge >= 0.3 is 0 Å². The number of benzene rings is 6. The normalized spacial score (nSPS) is 12.3. The van der Waals surface area contributed by atoms with Crippen molar-refractivity contribution < 1.29 is 0 Å². The average Bonchev–Trinajstić information content (AvgIpc) is 3.58. The fourth-order valence-corrected chi connectivity index (χ4v) is 8.09. The molecule has 210 valence electrons. The maximum absolute atomic E-state index is 5.30. The standard InChI is InChI=1S/C40H34N2S/c1-23(2)32-20-25(5)21-33(24(3)4)38(32)42-36-13-9-8-12-35(36)41-40(42)27-15-19-37-34(22-27)31-18-17-29-28-11-7-6-10-26(28)14-16-30(29)39(31)43-37/h6-24H,1-5H3. The summed E-state index contributed by atoms with van der Waals surface area (Å²) in [6.07, 6.45) is 0. The van der Waals surface area contributed by atoms with Crippen molar-refractivity contribution in [3.05, 3.63) is 120 Å². The van der Waals surface area contributed by atoms with Gasteiger partial charge in [0.1, 0.15) is 5.82 Å². The fraction of sp³-hybridized carbons (Fsp3) is 0.175. The van der Waals surface area contributed by atoms with E-state index >= 15 is 0 Å². The maximum Gasteiger partial charge on any atom is 0.145 e. The zero-order valence-electron chi connectivity index (χ0n) is 25.3. The van der Waals surface area contributed by atoms with Gasteiger partial charge in [-0.05, 0) is 76.4 Å². The predicted molar refractivity (Wildman–Crippen MR) is 187 cm³/mol. The van der Waals surface area contributed by atoms with E-state index in [1.807, 2.05) is 11.3 Å². The van der Waals surface area contributed by atoms with E-state index in [1.165, 1.54) is 64.1 Å². The minimum atomic E-state index is 0.383. The number of rotatable bonds is 4. The van der Waals surface area contributed by atoms with Crippen LogP contribution in [0.3, 0.4) is 0 Å². The third-order valence-electron chi connectivity index (χ3n) is 8.96. The first-order valence-corrected chi connectivity index (χ1v) is 16.1. The lowest BCUT2D eigenvalue weighted by Gasteiger charge is -2.23. The van der Waals surface area contributed by atoms with E-state index in [2.05, 4.69) is 142 Å². The molecule has 3 heteroatoms. The SMILES string of the molecule is Cc1cc(C(C)C)c(-n2c(-c3ccc4sc5c(ccc6c7ccccc7ccc65)c4c3)nc3ccccc32)c(C(C)C)c1. The molecule has 0 bridgehead atoms. The first-order chi connectivity index (χ1) is 20.9. The summed E-state index contributed by atoms with van der Waals surface area (Å²) in [4.78, 5) is 5.30. The summed E-state index contributed by atoms with van der Waals surface area (Å²) in [7, 11) is 0. The topological polar surface area (TPSA) is 17.8 Å². The van der Waals surface area contributed by atoms with E-state index < -0.39 is 0 Å².